The minimum atomic E-state index is -1.82. The number of carbonyl (C=O) groups is 2. The summed E-state index contributed by atoms with van der Waals surface area (Å²) in [6.07, 6.45) is 7.60. The Morgan fingerprint density at radius 2 is 1.75 bits per heavy atom. The number of hydrogen-bond acceptors (Lipinski definition) is 8. The monoisotopic (exact) mass is 493 g/mol. The second-order valence-corrected chi connectivity index (χ2v) is 8.90. The van der Waals surface area contributed by atoms with Gasteiger partial charge in [0.25, 0.3) is 0 Å². The Morgan fingerprint density at radius 3 is 2.42 bits per heavy atom. The van der Waals surface area contributed by atoms with Gasteiger partial charge in [-0.25, -0.2) is 24.2 Å². The summed E-state index contributed by atoms with van der Waals surface area (Å²) in [4.78, 5) is 31.9. The molecule has 1 aromatic carbocycles. The molecule has 1 fully saturated rings. The van der Waals surface area contributed by atoms with Crippen molar-refractivity contribution >= 4 is 17.6 Å². The van der Waals surface area contributed by atoms with E-state index in [-0.39, 0.29) is 0 Å². The third kappa shape index (κ3) is 6.86. The average molecular weight is 494 g/mol. The first-order valence-electron chi connectivity index (χ1n) is 12.0. The zero-order chi connectivity index (χ0) is 25.3. The standard InChI is InChI=1S/C23H29N7.C2H2O4/c1-2-5-19(6-3-1)16-29-11-9-28(10-12-29)8-4-7-20-14-25-22-15-26-23(13-21(20)22)30-18-24-17-27-30;3-1(4)2(5)6/h1-3,5-6,13,15,17-18,20,25H,4,7-12,14,16H2;(H,3,4)(H,5,6). The zero-order valence-electron chi connectivity index (χ0n) is 20.0. The van der Waals surface area contributed by atoms with Crippen LogP contribution in [0.15, 0.2) is 55.2 Å². The van der Waals surface area contributed by atoms with Gasteiger partial charge < -0.3 is 20.4 Å². The molecule has 0 radical (unpaired) electrons. The number of pyridine rings is 1. The second-order valence-electron chi connectivity index (χ2n) is 8.90. The SMILES string of the molecule is O=C(O)C(=O)O.c1ccc(CN2CCN(CCCC3CNc4cnc(-n5cncn5)cc43)CC2)cc1. The highest BCUT2D eigenvalue weighted by molar-refractivity contribution is 6.27. The largest absolute Gasteiger partial charge is 0.473 e. The lowest BCUT2D eigenvalue weighted by molar-refractivity contribution is -0.159. The summed E-state index contributed by atoms with van der Waals surface area (Å²) in [5.74, 6) is -2.26. The molecule has 2 aromatic heterocycles. The molecule has 3 N–H and O–H groups in total. The number of carboxylic acids is 2. The van der Waals surface area contributed by atoms with Gasteiger partial charge in [-0.2, -0.15) is 5.10 Å². The van der Waals surface area contributed by atoms with Crippen molar-refractivity contribution in [2.75, 3.05) is 44.6 Å². The number of benzene rings is 1. The van der Waals surface area contributed by atoms with Crippen molar-refractivity contribution in [2.24, 2.45) is 0 Å². The Bertz CT molecular complexity index is 1120. The van der Waals surface area contributed by atoms with E-state index in [0.29, 0.717) is 5.92 Å². The molecule has 3 aromatic rings. The van der Waals surface area contributed by atoms with E-state index in [2.05, 4.69) is 66.6 Å². The van der Waals surface area contributed by atoms with Crippen molar-refractivity contribution < 1.29 is 19.8 Å². The van der Waals surface area contributed by atoms with Gasteiger partial charge in [-0.15, -0.1) is 0 Å². The van der Waals surface area contributed by atoms with Crippen molar-refractivity contribution in [3.8, 4) is 5.82 Å². The van der Waals surface area contributed by atoms with Crippen LogP contribution in [0.5, 0.6) is 0 Å². The summed E-state index contributed by atoms with van der Waals surface area (Å²) in [7, 11) is 0. The van der Waals surface area contributed by atoms with Gasteiger partial charge in [0.15, 0.2) is 5.82 Å². The molecule has 11 nitrogen and oxygen atoms in total. The number of nitrogens with one attached hydrogen (secondary N) is 1. The maximum atomic E-state index is 9.10. The third-order valence-electron chi connectivity index (χ3n) is 6.48. The fraction of sp³-hybridized carbons (Fsp3) is 0.400. The number of carboxylic acid groups (broad SMARTS) is 2. The van der Waals surface area contributed by atoms with Crippen molar-refractivity contribution in [1.82, 2.24) is 29.5 Å². The average Bonchev–Trinajstić information content (AvgIpc) is 3.56. The minimum absolute atomic E-state index is 0.546. The Balaban J connectivity index is 0.000000455. The van der Waals surface area contributed by atoms with Crippen LogP contribution in [0.2, 0.25) is 0 Å². The van der Waals surface area contributed by atoms with Crippen LogP contribution in [-0.4, -0.2) is 91.0 Å². The lowest BCUT2D eigenvalue weighted by atomic mass is 9.97. The van der Waals surface area contributed by atoms with Crippen molar-refractivity contribution in [1.29, 1.82) is 0 Å². The highest BCUT2D eigenvalue weighted by atomic mass is 16.4. The normalized spacial score (nSPS) is 17.5. The van der Waals surface area contributed by atoms with Gasteiger partial charge in [0.2, 0.25) is 0 Å². The summed E-state index contributed by atoms with van der Waals surface area (Å²) in [6, 6.07) is 13.0. The number of hydrogen-bond donors (Lipinski definition) is 3. The summed E-state index contributed by atoms with van der Waals surface area (Å²) in [6.45, 7) is 7.93. The second kappa shape index (κ2) is 12.2. The van der Waals surface area contributed by atoms with Gasteiger partial charge in [0, 0.05) is 45.2 Å². The molecule has 2 aliphatic rings. The van der Waals surface area contributed by atoms with Gasteiger partial charge in [-0.3, -0.25) is 4.90 Å². The fourth-order valence-electron chi connectivity index (χ4n) is 4.57. The predicted molar refractivity (Wildman–Crippen MR) is 133 cm³/mol. The van der Waals surface area contributed by atoms with Crippen molar-refractivity contribution in [3.63, 3.8) is 0 Å². The quantitative estimate of drug-likeness (QED) is 0.419. The van der Waals surface area contributed by atoms with Crippen LogP contribution in [0.25, 0.3) is 5.82 Å². The van der Waals surface area contributed by atoms with Gasteiger partial charge in [-0.05, 0) is 36.6 Å². The Kier molecular flexibility index (Phi) is 8.58. The summed E-state index contributed by atoms with van der Waals surface area (Å²) in [5.41, 5.74) is 3.94. The molecule has 1 unspecified atom stereocenters. The Labute approximate surface area is 209 Å². The fourth-order valence-corrected chi connectivity index (χ4v) is 4.57. The van der Waals surface area contributed by atoms with Gasteiger partial charge >= 0.3 is 11.9 Å². The smallest absolute Gasteiger partial charge is 0.414 e. The number of aromatic nitrogens is 4. The maximum absolute atomic E-state index is 9.10. The van der Waals surface area contributed by atoms with E-state index in [1.54, 1.807) is 17.3 Å². The van der Waals surface area contributed by atoms with Gasteiger partial charge in [0.05, 0.1) is 11.9 Å². The van der Waals surface area contributed by atoms with Crippen LogP contribution >= 0.6 is 0 Å². The van der Waals surface area contributed by atoms with Gasteiger partial charge in [-0.1, -0.05) is 30.3 Å². The first-order chi connectivity index (χ1) is 17.5. The van der Waals surface area contributed by atoms with Crippen LogP contribution in [0.4, 0.5) is 5.69 Å². The van der Waals surface area contributed by atoms with Crippen LogP contribution in [0.1, 0.15) is 29.9 Å². The van der Waals surface area contributed by atoms with E-state index in [1.165, 1.54) is 49.3 Å². The summed E-state index contributed by atoms with van der Waals surface area (Å²) < 4.78 is 1.73. The molecule has 0 saturated carbocycles. The molecule has 1 atom stereocenters. The van der Waals surface area contributed by atoms with Crippen LogP contribution < -0.4 is 5.32 Å². The topological polar surface area (TPSA) is 137 Å². The molecule has 2 aliphatic heterocycles. The lowest BCUT2D eigenvalue weighted by Gasteiger charge is -2.34. The zero-order valence-corrected chi connectivity index (χ0v) is 20.0. The third-order valence-corrected chi connectivity index (χ3v) is 6.48. The molecule has 0 aliphatic carbocycles. The van der Waals surface area contributed by atoms with E-state index in [0.717, 1.165) is 32.0 Å². The molecule has 0 spiro atoms. The van der Waals surface area contributed by atoms with Crippen LogP contribution in [0.3, 0.4) is 0 Å². The first kappa shape index (κ1) is 25.3. The van der Waals surface area contributed by atoms with E-state index in [4.69, 9.17) is 19.8 Å². The molecule has 11 heteroatoms. The van der Waals surface area contributed by atoms with Crippen molar-refractivity contribution in [2.45, 2.75) is 25.3 Å². The lowest BCUT2D eigenvalue weighted by Crippen LogP contribution is -2.46. The number of rotatable bonds is 7. The maximum Gasteiger partial charge on any atom is 0.414 e. The van der Waals surface area contributed by atoms with Crippen molar-refractivity contribution in [3.05, 3.63) is 66.4 Å². The number of nitrogens with zero attached hydrogens (tertiary/aromatic N) is 6. The predicted octanol–water partition coefficient (Wildman–Crippen LogP) is 1.93. The molecule has 36 heavy (non-hydrogen) atoms. The van der Waals surface area contributed by atoms with Gasteiger partial charge in [0.1, 0.15) is 12.7 Å². The molecule has 1 saturated heterocycles. The number of anilines is 1. The van der Waals surface area contributed by atoms with E-state index in [9.17, 15) is 0 Å². The first-order valence-corrected chi connectivity index (χ1v) is 12.0. The number of aliphatic carboxylic acids is 2. The molecule has 190 valence electrons. The van der Waals surface area contributed by atoms with Crippen LogP contribution in [-0.2, 0) is 16.1 Å². The summed E-state index contributed by atoms with van der Waals surface area (Å²) in [5, 5.41) is 22.5. The Hall–Kier alpha value is -3.83. The number of piperazine rings is 1. The van der Waals surface area contributed by atoms with E-state index >= 15 is 0 Å². The Morgan fingerprint density at radius 1 is 1.03 bits per heavy atom. The molecular formula is C25H31N7O4. The molecule has 0 amide bonds. The van der Waals surface area contributed by atoms with E-state index < -0.39 is 11.9 Å². The van der Waals surface area contributed by atoms with Crippen LogP contribution in [0, 0.1) is 0 Å². The highest BCUT2D eigenvalue weighted by Gasteiger charge is 2.24. The highest BCUT2D eigenvalue weighted by Crippen LogP contribution is 2.34. The molecule has 0 bridgehead atoms. The molecule has 4 heterocycles. The molecular weight excluding hydrogens is 462 g/mol. The number of fused-ring (bicyclic) bond motifs is 1. The summed E-state index contributed by atoms with van der Waals surface area (Å²) >= 11 is 0. The molecule has 5 rings (SSSR count). The van der Waals surface area contributed by atoms with E-state index in [1.807, 2.05) is 6.20 Å². The minimum Gasteiger partial charge on any atom is -0.473 e.